The molecule has 18 heavy (non-hydrogen) atoms. The Hall–Kier alpha value is -1.07. The van der Waals surface area contributed by atoms with E-state index in [4.69, 9.17) is 9.84 Å². The summed E-state index contributed by atoms with van der Waals surface area (Å²) < 4.78 is 6.39. The van der Waals surface area contributed by atoms with Crippen molar-refractivity contribution in [2.45, 2.75) is 19.4 Å². The molecule has 1 rings (SSSR count). The van der Waals surface area contributed by atoms with Gasteiger partial charge in [-0.1, -0.05) is 15.9 Å². The highest BCUT2D eigenvalue weighted by molar-refractivity contribution is 9.10. The molecule has 0 spiro atoms. The zero-order valence-electron chi connectivity index (χ0n) is 10.6. The third-order valence-electron chi connectivity index (χ3n) is 2.49. The monoisotopic (exact) mass is 315 g/mol. The highest BCUT2D eigenvalue weighted by Gasteiger charge is 2.04. The number of aliphatic hydroxyl groups is 1. The molecule has 0 aliphatic heterocycles. The van der Waals surface area contributed by atoms with Crippen molar-refractivity contribution in [2.75, 3.05) is 20.7 Å². The van der Waals surface area contributed by atoms with Crippen molar-refractivity contribution in [3.63, 3.8) is 0 Å². The number of aliphatic hydroxyl groups excluding tert-OH is 1. The van der Waals surface area contributed by atoms with Crippen LogP contribution in [0.15, 0.2) is 22.7 Å². The first-order valence-corrected chi connectivity index (χ1v) is 6.56. The molecular weight excluding hydrogens is 298 g/mol. The van der Waals surface area contributed by atoms with Crippen molar-refractivity contribution in [3.05, 3.63) is 28.2 Å². The van der Waals surface area contributed by atoms with Crippen LogP contribution in [0.5, 0.6) is 5.75 Å². The summed E-state index contributed by atoms with van der Waals surface area (Å²) in [5, 5.41) is 9.11. The largest absolute Gasteiger partial charge is 0.494 e. The van der Waals surface area contributed by atoms with Crippen LogP contribution < -0.4 is 4.74 Å². The maximum atomic E-state index is 11.3. The van der Waals surface area contributed by atoms with E-state index in [1.54, 1.807) is 25.1 Å². The molecule has 0 bridgehead atoms. The second-order valence-electron chi connectivity index (χ2n) is 4.15. The van der Waals surface area contributed by atoms with E-state index >= 15 is 0 Å². The van der Waals surface area contributed by atoms with Crippen LogP contribution in [0.4, 0.5) is 0 Å². The van der Waals surface area contributed by atoms with Crippen LogP contribution >= 0.6 is 15.9 Å². The Balaban J connectivity index is 2.38. The Morgan fingerprint density at radius 1 is 1.44 bits per heavy atom. The minimum atomic E-state index is -0.0309. The van der Waals surface area contributed by atoms with E-state index in [-0.39, 0.29) is 12.5 Å². The van der Waals surface area contributed by atoms with Gasteiger partial charge in [-0.15, -0.1) is 0 Å². The van der Waals surface area contributed by atoms with Gasteiger partial charge in [0.2, 0.25) is 5.91 Å². The van der Waals surface area contributed by atoms with Crippen LogP contribution in [0, 0.1) is 0 Å². The maximum absolute atomic E-state index is 11.3. The lowest BCUT2D eigenvalue weighted by Gasteiger charge is -2.11. The van der Waals surface area contributed by atoms with Gasteiger partial charge in [0, 0.05) is 25.0 Å². The predicted octanol–water partition coefficient (Wildman–Crippen LogP) is 2.19. The van der Waals surface area contributed by atoms with E-state index in [1.807, 2.05) is 12.1 Å². The Bertz CT molecular complexity index is 407. The van der Waals surface area contributed by atoms with E-state index in [9.17, 15) is 4.79 Å². The number of benzene rings is 1. The molecule has 5 heteroatoms. The number of ether oxygens (including phenoxy) is 1. The molecule has 0 aliphatic rings. The maximum Gasteiger partial charge on any atom is 0.222 e. The summed E-state index contributed by atoms with van der Waals surface area (Å²) in [6.45, 7) is 0.461. The lowest BCUT2D eigenvalue weighted by atomic mass is 10.2. The van der Waals surface area contributed by atoms with Gasteiger partial charge in [-0.25, -0.2) is 0 Å². The molecule has 0 atom stereocenters. The first-order valence-electron chi connectivity index (χ1n) is 5.77. The topological polar surface area (TPSA) is 49.8 Å². The predicted molar refractivity (Wildman–Crippen MR) is 73.5 cm³/mol. The molecule has 1 amide bonds. The molecule has 100 valence electrons. The average molecular weight is 316 g/mol. The van der Waals surface area contributed by atoms with E-state index in [1.165, 1.54) is 0 Å². The summed E-state index contributed by atoms with van der Waals surface area (Å²) >= 11 is 3.34. The van der Waals surface area contributed by atoms with Gasteiger partial charge < -0.3 is 14.7 Å². The van der Waals surface area contributed by atoms with Crippen LogP contribution in [0.1, 0.15) is 18.4 Å². The molecule has 0 heterocycles. The molecule has 0 saturated heterocycles. The van der Waals surface area contributed by atoms with Crippen LogP contribution in [0.2, 0.25) is 0 Å². The van der Waals surface area contributed by atoms with Crippen molar-refractivity contribution in [1.29, 1.82) is 0 Å². The van der Waals surface area contributed by atoms with E-state index in [0.717, 1.165) is 10.0 Å². The second-order valence-corrected chi connectivity index (χ2v) is 5.01. The average Bonchev–Trinajstić information content (AvgIpc) is 2.35. The molecule has 0 radical (unpaired) electrons. The molecule has 1 N–H and O–H groups in total. The highest BCUT2D eigenvalue weighted by atomic mass is 79.9. The van der Waals surface area contributed by atoms with Crippen LogP contribution in [-0.4, -0.2) is 36.6 Å². The summed E-state index contributed by atoms with van der Waals surface area (Å²) in [5.74, 6) is 0.810. The summed E-state index contributed by atoms with van der Waals surface area (Å²) in [6.07, 6.45) is 1.16. The van der Waals surface area contributed by atoms with Crippen LogP contribution in [-0.2, 0) is 11.4 Å². The van der Waals surface area contributed by atoms with Gasteiger partial charge in [-0.3, -0.25) is 4.79 Å². The summed E-state index contributed by atoms with van der Waals surface area (Å²) in [4.78, 5) is 12.9. The van der Waals surface area contributed by atoms with Crippen molar-refractivity contribution in [3.8, 4) is 5.75 Å². The molecule has 0 fully saturated rings. The molecule has 0 saturated carbocycles. The molecular formula is C13H18BrNO3. The van der Waals surface area contributed by atoms with E-state index in [0.29, 0.717) is 25.2 Å². The van der Waals surface area contributed by atoms with Crippen molar-refractivity contribution < 1.29 is 14.6 Å². The number of carbonyl (C=O) groups excluding carboxylic acids is 1. The molecule has 1 aromatic carbocycles. The van der Waals surface area contributed by atoms with Crippen LogP contribution in [0.3, 0.4) is 0 Å². The fraction of sp³-hybridized carbons (Fsp3) is 0.462. The van der Waals surface area contributed by atoms with E-state index < -0.39 is 0 Å². The van der Waals surface area contributed by atoms with E-state index in [2.05, 4.69) is 15.9 Å². The fourth-order valence-corrected chi connectivity index (χ4v) is 1.77. The number of rotatable bonds is 6. The van der Waals surface area contributed by atoms with Gasteiger partial charge in [-0.05, 0) is 30.2 Å². The molecule has 4 nitrogen and oxygen atoms in total. The lowest BCUT2D eigenvalue weighted by Crippen LogP contribution is -2.21. The first kappa shape index (κ1) is 15.0. The summed E-state index contributed by atoms with van der Waals surface area (Å²) in [7, 11) is 3.48. The van der Waals surface area contributed by atoms with Crippen molar-refractivity contribution >= 4 is 21.8 Å². The number of amides is 1. The van der Waals surface area contributed by atoms with Crippen LogP contribution in [0.25, 0.3) is 0 Å². The standard InChI is InChI=1S/C13H18BrNO3/c1-15(2)13(17)4-3-7-18-11-5-6-12(14)10(8-11)9-16/h5-6,8,16H,3-4,7,9H2,1-2H3. The van der Waals surface area contributed by atoms with Crippen molar-refractivity contribution in [1.82, 2.24) is 4.90 Å². The SMILES string of the molecule is CN(C)C(=O)CCCOc1ccc(Br)c(CO)c1. The third-order valence-corrected chi connectivity index (χ3v) is 3.26. The fourth-order valence-electron chi connectivity index (χ4n) is 1.40. The summed E-state index contributed by atoms with van der Waals surface area (Å²) in [5.41, 5.74) is 0.789. The molecule has 0 aliphatic carbocycles. The number of nitrogens with zero attached hydrogens (tertiary/aromatic N) is 1. The molecule has 1 aromatic rings. The smallest absolute Gasteiger partial charge is 0.222 e. The molecule has 0 unspecified atom stereocenters. The Morgan fingerprint density at radius 2 is 2.17 bits per heavy atom. The lowest BCUT2D eigenvalue weighted by molar-refractivity contribution is -0.128. The number of halogens is 1. The highest BCUT2D eigenvalue weighted by Crippen LogP contribution is 2.22. The Kier molecular flexibility index (Phi) is 6.15. The minimum absolute atomic E-state index is 0.0309. The summed E-state index contributed by atoms with van der Waals surface area (Å²) in [6, 6.07) is 5.46. The minimum Gasteiger partial charge on any atom is -0.494 e. The normalized spacial score (nSPS) is 10.2. The number of hydrogen-bond acceptors (Lipinski definition) is 3. The first-order chi connectivity index (χ1) is 8.54. The zero-order chi connectivity index (χ0) is 13.5. The van der Waals surface area contributed by atoms with Gasteiger partial charge in [0.25, 0.3) is 0 Å². The third kappa shape index (κ3) is 4.66. The van der Waals surface area contributed by atoms with Gasteiger partial charge in [0.1, 0.15) is 5.75 Å². The number of carbonyl (C=O) groups is 1. The van der Waals surface area contributed by atoms with Gasteiger partial charge >= 0.3 is 0 Å². The molecule has 0 aromatic heterocycles. The zero-order valence-corrected chi connectivity index (χ0v) is 12.2. The van der Waals surface area contributed by atoms with Crippen molar-refractivity contribution in [2.24, 2.45) is 0 Å². The van der Waals surface area contributed by atoms with Gasteiger partial charge in [-0.2, -0.15) is 0 Å². The quantitative estimate of drug-likeness (QED) is 0.819. The Morgan fingerprint density at radius 3 is 2.78 bits per heavy atom. The van der Waals surface area contributed by atoms with Gasteiger partial charge in [0.15, 0.2) is 0 Å². The second kappa shape index (κ2) is 7.38. The Labute approximate surface area is 116 Å². The van der Waals surface area contributed by atoms with Gasteiger partial charge in [0.05, 0.1) is 13.2 Å². The number of hydrogen-bond donors (Lipinski definition) is 1.